The molecule has 1 unspecified atom stereocenters. The summed E-state index contributed by atoms with van der Waals surface area (Å²) in [6.45, 7) is 1.97. The molecule has 92 valence electrons. The number of ether oxygens (including phenoxy) is 1. The summed E-state index contributed by atoms with van der Waals surface area (Å²) in [6, 6.07) is 0. The number of methoxy groups -OCH3 is 1. The average Bonchev–Trinajstić information content (AvgIpc) is 2.86. The van der Waals surface area contributed by atoms with E-state index in [4.69, 9.17) is 4.74 Å². The Balaban J connectivity index is 1.88. The Morgan fingerprint density at radius 1 is 1.65 bits per heavy atom. The quantitative estimate of drug-likeness (QED) is 0.792. The highest BCUT2D eigenvalue weighted by Gasteiger charge is 2.10. The average molecular weight is 252 g/mol. The van der Waals surface area contributed by atoms with Crippen molar-refractivity contribution in [2.75, 3.05) is 7.11 Å². The Morgan fingerprint density at radius 3 is 3.18 bits per heavy atom. The van der Waals surface area contributed by atoms with E-state index in [1.54, 1.807) is 18.4 Å². The van der Waals surface area contributed by atoms with Gasteiger partial charge in [0.15, 0.2) is 4.96 Å². The van der Waals surface area contributed by atoms with Crippen LogP contribution in [0.15, 0.2) is 17.8 Å². The van der Waals surface area contributed by atoms with Gasteiger partial charge >= 0.3 is 0 Å². The molecule has 2 rings (SSSR count). The number of Topliss-reactive ketones (excluding diaryl/α,β-unsaturated/α-hetero) is 1. The Morgan fingerprint density at radius 2 is 2.47 bits per heavy atom. The summed E-state index contributed by atoms with van der Waals surface area (Å²) in [5.74, 6) is 0.222. The lowest BCUT2D eigenvalue weighted by Crippen LogP contribution is -2.10. The van der Waals surface area contributed by atoms with Crippen molar-refractivity contribution in [2.45, 2.75) is 32.3 Å². The van der Waals surface area contributed by atoms with Crippen LogP contribution >= 0.6 is 11.3 Å². The standard InChI is InChI=1S/C12H16N2O2S/c1-9(16-2)3-4-11(15)7-10-8-14-5-6-17-12(14)13-10/h5-6,8-9H,3-4,7H2,1-2H3. The van der Waals surface area contributed by atoms with Gasteiger partial charge in [-0.05, 0) is 13.3 Å². The van der Waals surface area contributed by atoms with Gasteiger partial charge < -0.3 is 4.74 Å². The van der Waals surface area contributed by atoms with Gasteiger partial charge in [-0.2, -0.15) is 0 Å². The van der Waals surface area contributed by atoms with Crippen molar-refractivity contribution in [3.8, 4) is 0 Å². The maximum absolute atomic E-state index is 11.7. The van der Waals surface area contributed by atoms with E-state index in [0.29, 0.717) is 12.8 Å². The number of aromatic nitrogens is 2. The minimum absolute atomic E-state index is 0.143. The molecule has 0 aliphatic heterocycles. The van der Waals surface area contributed by atoms with Crippen molar-refractivity contribution in [3.63, 3.8) is 0 Å². The number of nitrogens with zero attached hydrogens (tertiary/aromatic N) is 2. The predicted octanol–water partition coefficient (Wildman–Crippen LogP) is 2.32. The molecule has 0 radical (unpaired) electrons. The topological polar surface area (TPSA) is 43.6 Å². The van der Waals surface area contributed by atoms with Crippen LogP contribution in [0.25, 0.3) is 4.96 Å². The van der Waals surface area contributed by atoms with E-state index in [2.05, 4.69) is 4.98 Å². The molecule has 2 heterocycles. The van der Waals surface area contributed by atoms with Crippen LogP contribution < -0.4 is 0 Å². The maximum Gasteiger partial charge on any atom is 0.193 e. The molecule has 0 fully saturated rings. The van der Waals surface area contributed by atoms with E-state index < -0.39 is 0 Å². The Labute approximate surface area is 104 Å². The van der Waals surface area contributed by atoms with Crippen molar-refractivity contribution in [2.24, 2.45) is 0 Å². The van der Waals surface area contributed by atoms with Gasteiger partial charge in [-0.3, -0.25) is 9.20 Å². The molecule has 0 aliphatic carbocycles. The number of ketones is 1. The molecule has 0 saturated carbocycles. The lowest BCUT2D eigenvalue weighted by Gasteiger charge is -2.07. The Hall–Kier alpha value is -1.20. The molecular weight excluding hydrogens is 236 g/mol. The molecule has 0 amide bonds. The normalized spacial score (nSPS) is 13.1. The van der Waals surface area contributed by atoms with Crippen molar-refractivity contribution in [1.29, 1.82) is 0 Å². The fourth-order valence-electron chi connectivity index (χ4n) is 1.63. The zero-order chi connectivity index (χ0) is 12.3. The van der Waals surface area contributed by atoms with Crippen LogP contribution in [0, 0.1) is 0 Å². The number of thiazole rings is 1. The van der Waals surface area contributed by atoms with Gasteiger partial charge in [0.2, 0.25) is 0 Å². The molecule has 0 aromatic carbocycles. The minimum atomic E-state index is 0.143. The van der Waals surface area contributed by atoms with E-state index >= 15 is 0 Å². The van der Waals surface area contributed by atoms with Gasteiger partial charge in [-0.15, -0.1) is 11.3 Å². The second-order valence-electron chi connectivity index (χ2n) is 4.13. The zero-order valence-electron chi connectivity index (χ0n) is 10.0. The predicted molar refractivity (Wildman–Crippen MR) is 67.5 cm³/mol. The monoisotopic (exact) mass is 252 g/mol. The molecule has 0 spiro atoms. The van der Waals surface area contributed by atoms with Crippen LogP contribution in [0.3, 0.4) is 0 Å². The summed E-state index contributed by atoms with van der Waals surface area (Å²) < 4.78 is 7.07. The fraction of sp³-hybridized carbons (Fsp3) is 0.500. The van der Waals surface area contributed by atoms with Crippen molar-refractivity contribution < 1.29 is 9.53 Å². The minimum Gasteiger partial charge on any atom is -0.382 e. The van der Waals surface area contributed by atoms with Crippen molar-refractivity contribution in [1.82, 2.24) is 9.38 Å². The van der Waals surface area contributed by atoms with Crippen LogP contribution in [0.5, 0.6) is 0 Å². The molecule has 2 aromatic rings. The number of hydrogen-bond donors (Lipinski definition) is 0. The highest BCUT2D eigenvalue weighted by Crippen LogP contribution is 2.12. The third kappa shape index (κ3) is 3.14. The number of hydrogen-bond acceptors (Lipinski definition) is 4. The van der Waals surface area contributed by atoms with Gasteiger partial charge in [-0.1, -0.05) is 0 Å². The second kappa shape index (κ2) is 5.42. The summed E-state index contributed by atoms with van der Waals surface area (Å²) >= 11 is 1.58. The van der Waals surface area contributed by atoms with Crippen molar-refractivity contribution >= 4 is 22.1 Å². The molecule has 1 atom stereocenters. The smallest absolute Gasteiger partial charge is 0.193 e. The summed E-state index contributed by atoms with van der Waals surface area (Å²) in [5.41, 5.74) is 0.854. The van der Waals surface area contributed by atoms with Gasteiger partial charge in [0.25, 0.3) is 0 Å². The lowest BCUT2D eigenvalue weighted by molar-refractivity contribution is -0.119. The SMILES string of the molecule is COC(C)CCC(=O)Cc1cn2ccsc2n1. The number of fused-ring (bicyclic) bond motifs is 1. The third-order valence-electron chi connectivity index (χ3n) is 2.75. The summed E-state index contributed by atoms with van der Waals surface area (Å²) in [7, 11) is 1.67. The number of imidazole rings is 1. The highest BCUT2D eigenvalue weighted by atomic mass is 32.1. The fourth-order valence-corrected chi connectivity index (χ4v) is 2.35. The molecule has 2 aromatic heterocycles. The molecule has 4 nitrogen and oxygen atoms in total. The van der Waals surface area contributed by atoms with Gasteiger partial charge in [0.1, 0.15) is 5.78 Å². The first-order valence-electron chi connectivity index (χ1n) is 5.64. The van der Waals surface area contributed by atoms with E-state index in [-0.39, 0.29) is 11.9 Å². The highest BCUT2D eigenvalue weighted by molar-refractivity contribution is 7.15. The Bertz CT molecular complexity index is 475. The van der Waals surface area contributed by atoms with Gasteiger partial charge in [0, 0.05) is 31.3 Å². The van der Waals surface area contributed by atoms with E-state index in [1.165, 1.54) is 0 Å². The van der Waals surface area contributed by atoms with E-state index in [9.17, 15) is 4.79 Å². The molecule has 0 aliphatic rings. The number of rotatable bonds is 6. The van der Waals surface area contributed by atoms with E-state index in [1.807, 2.05) is 29.1 Å². The second-order valence-corrected chi connectivity index (χ2v) is 5.00. The summed E-state index contributed by atoms with van der Waals surface area (Å²) in [5, 5.41) is 1.98. The maximum atomic E-state index is 11.7. The van der Waals surface area contributed by atoms with Gasteiger partial charge in [0.05, 0.1) is 18.2 Å². The number of carbonyl (C=O) groups is 1. The van der Waals surface area contributed by atoms with Crippen LogP contribution in [0.2, 0.25) is 0 Å². The molecule has 0 bridgehead atoms. The van der Waals surface area contributed by atoms with Crippen molar-refractivity contribution in [3.05, 3.63) is 23.5 Å². The summed E-state index contributed by atoms with van der Waals surface area (Å²) in [6.07, 6.45) is 5.77. The first-order chi connectivity index (χ1) is 8.19. The molecular formula is C12H16N2O2S. The van der Waals surface area contributed by atoms with Crippen LogP contribution in [-0.4, -0.2) is 28.4 Å². The van der Waals surface area contributed by atoms with E-state index in [0.717, 1.165) is 17.1 Å². The zero-order valence-corrected chi connectivity index (χ0v) is 10.9. The van der Waals surface area contributed by atoms with Gasteiger partial charge in [-0.25, -0.2) is 4.98 Å². The first-order valence-corrected chi connectivity index (χ1v) is 6.52. The van der Waals surface area contributed by atoms with Crippen LogP contribution in [0.1, 0.15) is 25.5 Å². The number of carbonyl (C=O) groups excluding carboxylic acids is 1. The first kappa shape index (κ1) is 12.3. The lowest BCUT2D eigenvalue weighted by atomic mass is 10.1. The summed E-state index contributed by atoms with van der Waals surface area (Å²) in [4.78, 5) is 17.1. The molecule has 17 heavy (non-hydrogen) atoms. The third-order valence-corrected chi connectivity index (χ3v) is 3.52. The van der Waals surface area contributed by atoms with Crippen LogP contribution in [-0.2, 0) is 16.0 Å². The van der Waals surface area contributed by atoms with Crippen LogP contribution in [0.4, 0.5) is 0 Å². The molecule has 5 heteroatoms. The Kier molecular flexibility index (Phi) is 3.91. The largest absolute Gasteiger partial charge is 0.382 e. The molecule has 0 N–H and O–H groups in total. The molecule has 0 saturated heterocycles.